The van der Waals surface area contributed by atoms with Crippen molar-refractivity contribution in [3.63, 3.8) is 0 Å². The van der Waals surface area contributed by atoms with Gasteiger partial charge in [-0.25, -0.2) is 0 Å². The molecule has 0 spiro atoms. The number of nitrogens with one attached hydrogen (secondary N) is 1. The van der Waals surface area contributed by atoms with Crippen molar-refractivity contribution in [1.82, 2.24) is 10.2 Å². The van der Waals surface area contributed by atoms with E-state index in [1.165, 1.54) is 4.90 Å². The van der Waals surface area contributed by atoms with Crippen LogP contribution in [0, 0.1) is 17.8 Å². The molecule has 0 aromatic rings. The quantitative estimate of drug-likeness (QED) is 0.275. The third-order valence-corrected chi connectivity index (χ3v) is 5.94. The van der Waals surface area contributed by atoms with Crippen LogP contribution in [0.15, 0.2) is 0 Å². The summed E-state index contributed by atoms with van der Waals surface area (Å²) in [5.74, 6) is -0.431. The Morgan fingerprint density at radius 3 is 2.45 bits per heavy atom. The number of rotatable bonds is 17. The Balaban J connectivity index is 2.16. The van der Waals surface area contributed by atoms with Crippen molar-refractivity contribution in [2.45, 2.75) is 66.2 Å². The number of imide groups is 1. The molecule has 0 aliphatic carbocycles. The molecule has 0 bridgehead atoms. The number of likely N-dealkylation sites (tertiary alicyclic amines) is 1. The standard InChI is InChI=1S/C23H40N2O6/c1-5-8-18(7-3)19-15-22(28)25(23(19)29)11-9-21(27)24-10-12-30-13-14-31-16-20(26)17(4)6-2/h17-19H,5-16H2,1-4H3,(H,24,27). The van der Waals surface area contributed by atoms with E-state index in [1.807, 2.05) is 13.8 Å². The van der Waals surface area contributed by atoms with E-state index in [9.17, 15) is 19.2 Å². The number of hydrogen-bond acceptors (Lipinski definition) is 6. The fourth-order valence-electron chi connectivity index (χ4n) is 3.70. The molecule has 8 nitrogen and oxygen atoms in total. The molecule has 31 heavy (non-hydrogen) atoms. The van der Waals surface area contributed by atoms with E-state index in [1.54, 1.807) is 0 Å². The molecule has 1 saturated heterocycles. The van der Waals surface area contributed by atoms with E-state index in [-0.39, 0.29) is 67.3 Å². The van der Waals surface area contributed by atoms with Crippen LogP contribution in [0.25, 0.3) is 0 Å². The van der Waals surface area contributed by atoms with Crippen LogP contribution >= 0.6 is 0 Å². The van der Waals surface area contributed by atoms with Crippen LogP contribution in [-0.4, -0.2) is 67.9 Å². The summed E-state index contributed by atoms with van der Waals surface area (Å²) < 4.78 is 10.6. The summed E-state index contributed by atoms with van der Waals surface area (Å²) in [5.41, 5.74) is 0. The highest BCUT2D eigenvalue weighted by Crippen LogP contribution is 2.31. The van der Waals surface area contributed by atoms with Crippen molar-refractivity contribution >= 4 is 23.5 Å². The molecule has 3 unspecified atom stereocenters. The monoisotopic (exact) mass is 440 g/mol. The molecule has 1 aliphatic heterocycles. The second-order valence-corrected chi connectivity index (χ2v) is 8.19. The normalized spacial score (nSPS) is 18.3. The number of carbonyl (C=O) groups is 4. The van der Waals surface area contributed by atoms with E-state index >= 15 is 0 Å². The van der Waals surface area contributed by atoms with Gasteiger partial charge in [0.25, 0.3) is 0 Å². The van der Waals surface area contributed by atoms with Crippen molar-refractivity contribution in [2.75, 3.05) is 39.5 Å². The van der Waals surface area contributed by atoms with Gasteiger partial charge in [-0.1, -0.05) is 40.5 Å². The average molecular weight is 441 g/mol. The van der Waals surface area contributed by atoms with Gasteiger partial charge in [-0.15, -0.1) is 0 Å². The molecule has 1 heterocycles. The van der Waals surface area contributed by atoms with Gasteiger partial charge in [0.2, 0.25) is 17.7 Å². The van der Waals surface area contributed by atoms with Crippen LogP contribution in [0.5, 0.6) is 0 Å². The van der Waals surface area contributed by atoms with E-state index in [4.69, 9.17) is 9.47 Å². The van der Waals surface area contributed by atoms with Gasteiger partial charge in [0.05, 0.1) is 25.7 Å². The van der Waals surface area contributed by atoms with Crippen LogP contribution in [0.4, 0.5) is 0 Å². The highest BCUT2D eigenvalue weighted by molar-refractivity contribution is 6.03. The fraction of sp³-hybridized carbons (Fsp3) is 0.826. The summed E-state index contributed by atoms with van der Waals surface area (Å²) >= 11 is 0. The number of carbonyl (C=O) groups excluding carboxylic acids is 4. The molecule has 1 fully saturated rings. The van der Waals surface area contributed by atoms with Crippen LogP contribution in [0.2, 0.25) is 0 Å². The van der Waals surface area contributed by atoms with E-state index in [0.29, 0.717) is 26.4 Å². The Morgan fingerprint density at radius 1 is 1.10 bits per heavy atom. The van der Waals surface area contributed by atoms with Crippen LogP contribution in [0.3, 0.4) is 0 Å². The highest BCUT2D eigenvalue weighted by Gasteiger charge is 2.41. The molecule has 1 aliphatic rings. The predicted molar refractivity (Wildman–Crippen MR) is 117 cm³/mol. The summed E-state index contributed by atoms with van der Waals surface area (Å²) in [6.45, 7) is 9.54. The lowest BCUT2D eigenvalue weighted by molar-refractivity contribution is -0.140. The number of nitrogens with zero attached hydrogens (tertiary/aromatic N) is 1. The minimum Gasteiger partial charge on any atom is -0.377 e. The fourth-order valence-corrected chi connectivity index (χ4v) is 3.70. The van der Waals surface area contributed by atoms with Crippen LogP contribution < -0.4 is 5.32 Å². The number of ether oxygens (including phenoxy) is 2. The summed E-state index contributed by atoms with van der Waals surface area (Å²) in [6, 6.07) is 0. The summed E-state index contributed by atoms with van der Waals surface area (Å²) in [5, 5.41) is 2.73. The topological polar surface area (TPSA) is 102 Å². The summed E-state index contributed by atoms with van der Waals surface area (Å²) in [6.07, 6.45) is 3.96. The van der Waals surface area contributed by atoms with Crippen LogP contribution in [-0.2, 0) is 28.7 Å². The summed E-state index contributed by atoms with van der Waals surface area (Å²) in [7, 11) is 0. The van der Waals surface area contributed by atoms with Crippen molar-refractivity contribution in [2.24, 2.45) is 17.8 Å². The van der Waals surface area contributed by atoms with Gasteiger partial charge in [-0.05, 0) is 18.8 Å². The van der Waals surface area contributed by atoms with E-state index < -0.39 is 0 Å². The smallest absolute Gasteiger partial charge is 0.233 e. The zero-order chi connectivity index (χ0) is 23.2. The van der Waals surface area contributed by atoms with Crippen molar-refractivity contribution in [3.05, 3.63) is 0 Å². The van der Waals surface area contributed by atoms with Gasteiger partial charge < -0.3 is 14.8 Å². The van der Waals surface area contributed by atoms with E-state index in [2.05, 4.69) is 19.2 Å². The minimum absolute atomic E-state index is 0.0116. The molecule has 0 saturated carbocycles. The van der Waals surface area contributed by atoms with Crippen molar-refractivity contribution in [3.8, 4) is 0 Å². The molecule has 8 heteroatoms. The SMILES string of the molecule is CCCC(CC)C1CC(=O)N(CCC(=O)NCCOCCOCC(=O)C(C)CC)C1=O. The molecular formula is C23H40N2O6. The highest BCUT2D eigenvalue weighted by atomic mass is 16.5. The molecule has 0 radical (unpaired) electrons. The average Bonchev–Trinajstić information content (AvgIpc) is 3.04. The summed E-state index contributed by atoms with van der Waals surface area (Å²) in [4.78, 5) is 49.7. The third kappa shape index (κ3) is 9.47. The van der Waals surface area contributed by atoms with Gasteiger partial charge in [0, 0.05) is 31.8 Å². The molecule has 1 rings (SSSR count). The number of amides is 3. The van der Waals surface area contributed by atoms with Gasteiger partial charge in [0.1, 0.15) is 6.61 Å². The zero-order valence-corrected chi connectivity index (χ0v) is 19.6. The lowest BCUT2D eigenvalue weighted by Gasteiger charge is -2.20. The molecule has 0 aromatic heterocycles. The van der Waals surface area contributed by atoms with Crippen molar-refractivity contribution in [1.29, 1.82) is 0 Å². The third-order valence-electron chi connectivity index (χ3n) is 5.94. The Bertz CT molecular complexity index is 595. The minimum atomic E-state index is -0.239. The van der Waals surface area contributed by atoms with Crippen LogP contribution in [0.1, 0.15) is 66.2 Å². The first-order chi connectivity index (χ1) is 14.8. The first kappa shape index (κ1) is 27.2. The second-order valence-electron chi connectivity index (χ2n) is 8.19. The Labute approximate surface area is 186 Å². The molecule has 178 valence electrons. The number of ketones is 1. The Kier molecular flexibility index (Phi) is 13.2. The maximum atomic E-state index is 12.6. The molecule has 0 aromatic carbocycles. The zero-order valence-electron chi connectivity index (χ0n) is 19.6. The Morgan fingerprint density at radius 2 is 1.81 bits per heavy atom. The van der Waals surface area contributed by atoms with Crippen molar-refractivity contribution < 1.29 is 28.7 Å². The second kappa shape index (κ2) is 15.1. The number of hydrogen-bond donors (Lipinski definition) is 1. The number of Topliss-reactive ketones (excluding diaryl/α,β-unsaturated/α-hetero) is 1. The molecule has 3 atom stereocenters. The molecule has 1 N–H and O–H groups in total. The maximum Gasteiger partial charge on any atom is 0.233 e. The van der Waals surface area contributed by atoms with Gasteiger partial charge in [-0.3, -0.25) is 24.1 Å². The first-order valence-corrected chi connectivity index (χ1v) is 11.6. The van der Waals surface area contributed by atoms with E-state index in [0.717, 1.165) is 25.7 Å². The first-order valence-electron chi connectivity index (χ1n) is 11.6. The lowest BCUT2D eigenvalue weighted by atomic mass is 9.85. The molecule has 3 amide bonds. The molecular weight excluding hydrogens is 400 g/mol. The predicted octanol–water partition coefficient (Wildman–Crippen LogP) is 2.34. The maximum absolute atomic E-state index is 12.6. The van der Waals surface area contributed by atoms with Gasteiger partial charge in [-0.2, -0.15) is 0 Å². The largest absolute Gasteiger partial charge is 0.377 e. The van der Waals surface area contributed by atoms with Gasteiger partial charge in [0.15, 0.2) is 5.78 Å². The Hall–Kier alpha value is -1.80. The van der Waals surface area contributed by atoms with Gasteiger partial charge >= 0.3 is 0 Å². The lowest BCUT2D eigenvalue weighted by Crippen LogP contribution is -2.36.